The number of hydrogen-bond donors (Lipinski definition) is 1. The maximum atomic E-state index is 6.21. The van der Waals surface area contributed by atoms with Crippen molar-refractivity contribution in [3.8, 4) is 0 Å². The zero-order valence-corrected chi connectivity index (χ0v) is 12.2. The van der Waals surface area contributed by atoms with Crippen molar-refractivity contribution in [3.63, 3.8) is 0 Å². The number of halogens is 1. The Balaban J connectivity index is 2.19. The number of likely N-dealkylation sites (N-methyl/N-ethyl adjacent to an activating group) is 1. The van der Waals surface area contributed by atoms with E-state index in [2.05, 4.69) is 41.6 Å². The molecule has 0 radical (unpaired) electrons. The van der Waals surface area contributed by atoms with Crippen LogP contribution in [0.5, 0.6) is 0 Å². The van der Waals surface area contributed by atoms with Gasteiger partial charge in [0.25, 0.3) is 0 Å². The molecule has 0 saturated heterocycles. The molecule has 0 fully saturated rings. The van der Waals surface area contributed by atoms with Gasteiger partial charge in [0.1, 0.15) is 0 Å². The molecule has 0 saturated carbocycles. The summed E-state index contributed by atoms with van der Waals surface area (Å²) in [6.07, 6.45) is 2.61. The molecular weight excluding hydrogens is 258 g/mol. The zero-order chi connectivity index (χ0) is 13.7. The van der Waals surface area contributed by atoms with Crippen LogP contribution in [0.2, 0.25) is 5.02 Å². The largest absolute Gasteiger partial charge is 0.316 e. The summed E-state index contributed by atoms with van der Waals surface area (Å²) in [5.74, 6) is 0.411. The average Bonchev–Trinajstić information content (AvgIpc) is 2.75. The van der Waals surface area contributed by atoms with Gasteiger partial charge in [-0.3, -0.25) is 4.68 Å². The number of aromatic nitrogens is 2. The van der Waals surface area contributed by atoms with Crippen LogP contribution in [-0.2, 0) is 13.5 Å². The molecule has 102 valence electrons. The van der Waals surface area contributed by atoms with Crippen LogP contribution in [0.25, 0.3) is 0 Å². The van der Waals surface area contributed by atoms with E-state index in [-0.39, 0.29) is 0 Å². The molecule has 0 aliphatic carbocycles. The van der Waals surface area contributed by atoms with Crippen LogP contribution in [0.3, 0.4) is 0 Å². The first-order valence-electron chi connectivity index (χ1n) is 6.64. The molecule has 1 aromatic carbocycles. The van der Waals surface area contributed by atoms with E-state index in [4.69, 9.17) is 11.6 Å². The molecule has 3 nitrogen and oxygen atoms in total. The molecule has 1 heterocycles. The van der Waals surface area contributed by atoms with Gasteiger partial charge in [-0.25, -0.2) is 0 Å². The number of hydrogen-bond acceptors (Lipinski definition) is 2. The second kappa shape index (κ2) is 6.73. The molecule has 1 N–H and O–H groups in total. The first-order chi connectivity index (χ1) is 9.22. The standard InChI is InChI=1S/C15H20ClN3/c1-3-17-10-13(12-7-5-4-6-8-12)9-15-14(16)11-18-19(15)2/h4-8,11,13,17H,3,9-10H2,1-2H3. The lowest BCUT2D eigenvalue weighted by Gasteiger charge is -2.18. The Morgan fingerprint density at radius 3 is 2.63 bits per heavy atom. The predicted molar refractivity (Wildman–Crippen MR) is 79.6 cm³/mol. The second-order valence-corrected chi connectivity index (χ2v) is 5.09. The minimum atomic E-state index is 0.411. The highest BCUT2D eigenvalue weighted by molar-refractivity contribution is 6.31. The topological polar surface area (TPSA) is 29.9 Å². The number of aryl methyl sites for hydroxylation is 1. The molecule has 0 aliphatic heterocycles. The monoisotopic (exact) mass is 277 g/mol. The fourth-order valence-corrected chi connectivity index (χ4v) is 2.49. The van der Waals surface area contributed by atoms with Gasteiger partial charge in [0.2, 0.25) is 0 Å². The molecule has 1 atom stereocenters. The zero-order valence-electron chi connectivity index (χ0n) is 11.4. The second-order valence-electron chi connectivity index (χ2n) is 4.68. The van der Waals surface area contributed by atoms with Gasteiger partial charge in [-0.15, -0.1) is 0 Å². The summed E-state index contributed by atoms with van der Waals surface area (Å²) in [4.78, 5) is 0. The summed E-state index contributed by atoms with van der Waals surface area (Å²) < 4.78 is 1.87. The lowest BCUT2D eigenvalue weighted by molar-refractivity contribution is 0.571. The fourth-order valence-electron chi connectivity index (χ4n) is 2.25. The van der Waals surface area contributed by atoms with Gasteiger partial charge in [-0.1, -0.05) is 48.9 Å². The fraction of sp³-hybridized carbons (Fsp3) is 0.400. The van der Waals surface area contributed by atoms with Crippen LogP contribution in [0, 0.1) is 0 Å². The molecule has 0 spiro atoms. The van der Waals surface area contributed by atoms with E-state index in [1.807, 2.05) is 17.8 Å². The van der Waals surface area contributed by atoms with Gasteiger partial charge >= 0.3 is 0 Å². The van der Waals surface area contributed by atoms with Crippen molar-refractivity contribution in [2.75, 3.05) is 13.1 Å². The Morgan fingerprint density at radius 1 is 1.32 bits per heavy atom. The minimum Gasteiger partial charge on any atom is -0.316 e. The van der Waals surface area contributed by atoms with E-state index >= 15 is 0 Å². The van der Waals surface area contributed by atoms with E-state index in [9.17, 15) is 0 Å². The van der Waals surface area contributed by atoms with E-state index in [1.54, 1.807) is 6.20 Å². The summed E-state index contributed by atoms with van der Waals surface area (Å²) in [6, 6.07) is 10.6. The number of benzene rings is 1. The van der Waals surface area contributed by atoms with Crippen LogP contribution in [0.4, 0.5) is 0 Å². The van der Waals surface area contributed by atoms with E-state index in [0.717, 1.165) is 30.2 Å². The molecule has 4 heteroatoms. The summed E-state index contributed by atoms with van der Waals surface area (Å²) >= 11 is 6.21. The summed E-state index contributed by atoms with van der Waals surface area (Å²) in [5.41, 5.74) is 2.43. The summed E-state index contributed by atoms with van der Waals surface area (Å²) in [6.45, 7) is 4.05. The van der Waals surface area contributed by atoms with Crippen molar-refractivity contribution in [2.45, 2.75) is 19.3 Å². The van der Waals surface area contributed by atoms with E-state index in [0.29, 0.717) is 5.92 Å². The molecule has 19 heavy (non-hydrogen) atoms. The normalized spacial score (nSPS) is 12.6. The molecule has 1 unspecified atom stereocenters. The number of rotatable bonds is 6. The molecule has 0 amide bonds. The predicted octanol–water partition coefficient (Wildman–Crippen LogP) is 3.01. The van der Waals surface area contributed by atoms with Crippen molar-refractivity contribution < 1.29 is 0 Å². The van der Waals surface area contributed by atoms with Crippen molar-refractivity contribution in [2.24, 2.45) is 7.05 Å². The minimum absolute atomic E-state index is 0.411. The van der Waals surface area contributed by atoms with Crippen molar-refractivity contribution >= 4 is 11.6 Å². The molecule has 2 aromatic rings. The lowest BCUT2D eigenvalue weighted by Crippen LogP contribution is -2.23. The lowest BCUT2D eigenvalue weighted by atomic mass is 9.94. The molecule has 0 bridgehead atoms. The third kappa shape index (κ3) is 3.58. The van der Waals surface area contributed by atoms with Gasteiger partial charge in [-0.05, 0) is 18.5 Å². The molecular formula is C15H20ClN3. The Labute approximate surface area is 119 Å². The first kappa shape index (κ1) is 14.1. The molecule has 1 aromatic heterocycles. The van der Waals surface area contributed by atoms with Crippen LogP contribution < -0.4 is 5.32 Å². The van der Waals surface area contributed by atoms with Crippen molar-refractivity contribution in [3.05, 3.63) is 52.8 Å². The van der Waals surface area contributed by atoms with Crippen LogP contribution in [0.15, 0.2) is 36.5 Å². The Hall–Kier alpha value is -1.32. The SMILES string of the molecule is CCNCC(Cc1c(Cl)cnn1C)c1ccccc1. The molecule has 2 rings (SSSR count). The van der Waals surface area contributed by atoms with Crippen LogP contribution in [0.1, 0.15) is 24.1 Å². The quantitative estimate of drug-likeness (QED) is 0.880. The van der Waals surface area contributed by atoms with Gasteiger partial charge < -0.3 is 5.32 Å². The maximum absolute atomic E-state index is 6.21. The summed E-state index contributed by atoms with van der Waals surface area (Å²) in [7, 11) is 1.94. The van der Waals surface area contributed by atoms with Crippen LogP contribution >= 0.6 is 11.6 Å². The highest BCUT2D eigenvalue weighted by atomic mass is 35.5. The third-order valence-electron chi connectivity index (χ3n) is 3.36. The van der Waals surface area contributed by atoms with E-state index in [1.165, 1.54) is 5.56 Å². The van der Waals surface area contributed by atoms with Gasteiger partial charge in [-0.2, -0.15) is 5.10 Å². The summed E-state index contributed by atoms with van der Waals surface area (Å²) in [5, 5.41) is 8.38. The smallest absolute Gasteiger partial charge is 0.0817 e. The molecule has 0 aliphatic rings. The maximum Gasteiger partial charge on any atom is 0.0817 e. The van der Waals surface area contributed by atoms with E-state index < -0.39 is 0 Å². The van der Waals surface area contributed by atoms with Gasteiger partial charge in [0, 0.05) is 19.5 Å². The highest BCUT2D eigenvalue weighted by Gasteiger charge is 2.16. The Bertz CT molecular complexity index is 488. The third-order valence-corrected chi connectivity index (χ3v) is 3.68. The van der Waals surface area contributed by atoms with Crippen LogP contribution in [-0.4, -0.2) is 22.9 Å². The highest BCUT2D eigenvalue weighted by Crippen LogP contribution is 2.24. The Kier molecular flexibility index (Phi) is 5.00. The Morgan fingerprint density at radius 2 is 2.05 bits per heavy atom. The average molecular weight is 278 g/mol. The van der Waals surface area contributed by atoms with Gasteiger partial charge in [0.15, 0.2) is 0 Å². The number of nitrogens with zero attached hydrogens (tertiary/aromatic N) is 2. The van der Waals surface area contributed by atoms with Gasteiger partial charge in [0.05, 0.1) is 16.9 Å². The van der Waals surface area contributed by atoms with Crippen molar-refractivity contribution in [1.82, 2.24) is 15.1 Å². The first-order valence-corrected chi connectivity index (χ1v) is 7.02. The van der Waals surface area contributed by atoms with Crippen molar-refractivity contribution in [1.29, 1.82) is 0 Å². The number of nitrogens with one attached hydrogen (secondary N) is 1.